The van der Waals surface area contributed by atoms with E-state index in [1.54, 1.807) is 17.0 Å². The van der Waals surface area contributed by atoms with Crippen molar-refractivity contribution in [1.82, 2.24) is 9.55 Å². The maximum atomic E-state index is 12.8. The molecule has 6 heteroatoms. The Labute approximate surface area is 113 Å². The number of alkyl halides is 3. The SMILES string of the molecule is CC1(C)N=Cc2cc(C(F)(F)F)ccc2-n2ccnc21. The van der Waals surface area contributed by atoms with Gasteiger partial charge in [-0.05, 0) is 32.0 Å². The number of aromatic nitrogens is 2. The fourth-order valence-corrected chi connectivity index (χ4v) is 2.29. The van der Waals surface area contributed by atoms with Crippen LogP contribution in [0.4, 0.5) is 13.2 Å². The Morgan fingerprint density at radius 2 is 1.95 bits per heavy atom. The lowest BCUT2D eigenvalue weighted by Gasteiger charge is -2.18. The number of halogens is 3. The molecule has 0 saturated carbocycles. The molecule has 0 unspecified atom stereocenters. The van der Waals surface area contributed by atoms with Crippen LogP contribution >= 0.6 is 0 Å². The smallest absolute Gasteiger partial charge is 0.301 e. The molecule has 1 aliphatic rings. The summed E-state index contributed by atoms with van der Waals surface area (Å²) < 4.78 is 40.1. The molecule has 0 fully saturated rings. The average Bonchev–Trinajstić information content (AvgIpc) is 2.81. The minimum Gasteiger partial charge on any atom is -0.301 e. The standard InChI is InChI=1S/C14H12F3N3/c1-13(2)12-18-5-6-20(12)11-4-3-10(14(15,16)17)7-9(11)8-19-13/h3-8H,1-2H3. The van der Waals surface area contributed by atoms with Gasteiger partial charge in [0, 0.05) is 24.2 Å². The number of fused-ring (bicyclic) bond motifs is 3. The molecule has 0 atom stereocenters. The third-order valence-electron chi connectivity index (χ3n) is 3.33. The summed E-state index contributed by atoms with van der Waals surface area (Å²) in [6, 6.07) is 3.65. The van der Waals surface area contributed by atoms with E-state index in [-0.39, 0.29) is 0 Å². The third kappa shape index (κ3) is 1.92. The summed E-state index contributed by atoms with van der Waals surface area (Å²) >= 11 is 0. The molecule has 3 nitrogen and oxygen atoms in total. The average molecular weight is 279 g/mol. The first-order chi connectivity index (χ1) is 9.29. The Kier molecular flexibility index (Phi) is 2.54. The van der Waals surface area contributed by atoms with Crippen molar-refractivity contribution in [3.63, 3.8) is 0 Å². The van der Waals surface area contributed by atoms with Gasteiger partial charge < -0.3 is 4.57 Å². The quantitative estimate of drug-likeness (QED) is 0.725. The van der Waals surface area contributed by atoms with Gasteiger partial charge in [0.1, 0.15) is 11.4 Å². The zero-order chi connectivity index (χ0) is 14.5. The fraction of sp³-hybridized carbons (Fsp3) is 0.286. The highest BCUT2D eigenvalue weighted by atomic mass is 19.4. The summed E-state index contributed by atoms with van der Waals surface area (Å²) in [4.78, 5) is 8.62. The first kappa shape index (κ1) is 12.9. The second-order valence-electron chi connectivity index (χ2n) is 5.21. The summed E-state index contributed by atoms with van der Waals surface area (Å²) in [6.07, 6.45) is 0.485. The third-order valence-corrected chi connectivity index (χ3v) is 3.33. The van der Waals surface area contributed by atoms with Crippen LogP contribution in [-0.4, -0.2) is 15.8 Å². The van der Waals surface area contributed by atoms with E-state index in [0.29, 0.717) is 17.1 Å². The second kappa shape index (κ2) is 3.94. The second-order valence-corrected chi connectivity index (χ2v) is 5.21. The van der Waals surface area contributed by atoms with Gasteiger partial charge in [0.25, 0.3) is 0 Å². The van der Waals surface area contributed by atoms with Crippen molar-refractivity contribution in [1.29, 1.82) is 0 Å². The predicted molar refractivity (Wildman–Crippen MR) is 69.2 cm³/mol. The first-order valence-electron chi connectivity index (χ1n) is 6.10. The molecule has 0 radical (unpaired) electrons. The summed E-state index contributed by atoms with van der Waals surface area (Å²) in [5.74, 6) is 0.701. The van der Waals surface area contributed by atoms with Crippen LogP contribution in [0.5, 0.6) is 0 Å². The molecule has 1 aromatic carbocycles. The van der Waals surface area contributed by atoms with E-state index >= 15 is 0 Å². The molecule has 0 saturated heterocycles. The minimum atomic E-state index is -4.36. The highest BCUT2D eigenvalue weighted by Gasteiger charge is 2.32. The zero-order valence-electron chi connectivity index (χ0n) is 10.9. The van der Waals surface area contributed by atoms with E-state index < -0.39 is 17.3 Å². The van der Waals surface area contributed by atoms with E-state index in [0.717, 1.165) is 12.1 Å². The van der Waals surface area contributed by atoms with Crippen molar-refractivity contribution in [3.05, 3.63) is 47.5 Å². The van der Waals surface area contributed by atoms with Crippen LogP contribution in [0.1, 0.15) is 30.8 Å². The molecular weight excluding hydrogens is 267 g/mol. The van der Waals surface area contributed by atoms with E-state index in [2.05, 4.69) is 9.98 Å². The molecule has 0 bridgehead atoms. The molecule has 0 spiro atoms. The monoisotopic (exact) mass is 279 g/mol. The Hall–Kier alpha value is -2.11. The number of nitrogens with zero attached hydrogens (tertiary/aromatic N) is 3. The van der Waals surface area contributed by atoms with Gasteiger partial charge in [-0.1, -0.05) is 0 Å². The number of aliphatic imine (C=N–C) groups is 1. The van der Waals surface area contributed by atoms with Crippen LogP contribution in [0.2, 0.25) is 0 Å². The molecule has 3 rings (SSSR count). The summed E-state index contributed by atoms with van der Waals surface area (Å²) in [6.45, 7) is 3.75. The van der Waals surface area contributed by atoms with Crippen LogP contribution in [-0.2, 0) is 11.7 Å². The molecular formula is C14H12F3N3. The van der Waals surface area contributed by atoms with Gasteiger partial charge in [-0.3, -0.25) is 4.99 Å². The molecule has 20 heavy (non-hydrogen) atoms. The van der Waals surface area contributed by atoms with E-state index in [1.165, 1.54) is 12.3 Å². The topological polar surface area (TPSA) is 30.2 Å². The summed E-state index contributed by atoms with van der Waals surface area (Å²) in [5, 5.41) is 0. The Morgan fingerprint density at radius 3 is 2.65 bits per heavy atom. The number of hydrogen-bond acceptors (Lipinski definition) is 2. The first-order valence-corrected chi connectivity index (χ1v) is 6.10. The molecule has 0 aliphatic carbocycles. The number of hydrogen-bond donors (Lipinski definition) is 0. The molecule has 0 amide bonds. The molecule has 0 N–H and O–H groups in total. The Balaban J connectivity index is 2.25. The van der Waals surface area contributed by atoms with Gasteiger partial charge >= 0.3 is 6.18 Å². The fourth-order valence-electron chi connectivity index (χ4n) is 2.29. The number of imidazole rings is 1. The lowest BCUT2D eigenvalue weighted by atomic mass is 10.1. The highest BCUT2D eigenvalue weighted by Crippen LogP contribution is 2.34. The van der Waals surface area contributed by atoms with Crippen molar-refractivity contribution < 1.29 is 13.2 Å². The largest absolute Gasteiger partial charge is 0.416 e. The molecule has 1 aliphatic heterocycles. The van der Waals surface area contributed by atoms with Crippen molar-refractivity contribution in [3.8, 4) is 5.69 Å². The Morgan fingerprint density at radius 1 is 1.20 bits per heavy atom. The predicted octanol–water partition coefficient (Wildman–Crippen LogP) is 3.56. The normalized spacial score (nSPS) is 16.4. The van der Waals surface area contributed by atoms with Crippen LogP contribution in [0, 0.1) is 0 Å². The molecule has 2 aromatic rings. The molecule has 2 heterocycles. The van der Waals surface area contributed by atoms with Gasteiger partial charge in [-0.2, -0.15) is 13.2 Å². The van der Waals surface area contributed by atoms with Gasteiger partial charge in [0.15, 0.2) is 0 Å². The van der Waals surface area contributed by atoms with Crippen LogP contribution in [0.25, 0.3) is 5.69 Å². The van der Waals surface area contributed by atoms with Crippen molar-refractivity contribution in [2.45, 2.75) is 25.6 Å². The summed E-state index contributed by atoms with van der Waals surface area (Å²) in [5.41, 5.74) is -0.172. The maximum Gasteiger partial charge on any atom is 0.416 e. The van der Waals surface area contributed by atoms with Crippen LogP contribution < -0.4 is 0 Å². The minimum absolute atomic E-state index is 0.435. The van der Waals surface area contributed by atoms with E-state index in [1.807, 2.05) is 13.8 Å². The number of rotatable bonds is 0. The van der Waals surface area contributed by atoms with Gasteiger partial charge in [0.05, 0.1) is 11.3 Å². The Bertz CT molecular complexity index is 696. The molecule has 104 valence electrons. The van der Waals surface area contributed by atoms with Crippen molar-refractivity contribution in [2.24, 2.45) is 4.99 Å². The highest BCUT2D eigenvalue weighted by molar-refractivity contribution is 5.86. The molecule has 1 aromatic heterocycles. The summed E-state index contributed by atoms with van der Waals surface area (Å²) in [7, 11) is 0. The van der Waals surface area contributed by atoms with Gasteiger partial charge in [-0.15, -0.1) is 0 Å². The number of benzene rings is 1. The van der Waals surface area contributed by atoms with Crippen LogP contribution in [0.15, 0.2) is 35.6 Å². The maximum absolute atomic E-state index is 12.8. The van der Waals surface area contributed by atoms with Crippen LogP contribution in [0.3, 0.4) is 0 Å². The lowest BCUT2D eigenvalue weighted by Crippen LogP contribution is -2.18. The zero-order valence-corrected chi connectivity index (χ0v) is 10.9. The van der Waals surface area contributed by atoms with E-state index in [4.69, 9.17) is 0 Å². The van der Waals surface area contributed by atoms with Crippen molar-refractivity contribution in [2.75, 3.05) is 0 Å². The van der Waals surface area contributed by atoms with E-state index in [9.17, 15) is 13.2 Å². The van der Waals surface area contributed by atoms with Gasteiger partial charge in [0.2, 0.25) is 0 Å². The van der Waals surface area contributed by atoms with Gasteiger partial charge in [-0.25, -0.2) is 4.98 Å². The lowest BCUT2D eigenvalue weighted by molar-refractivity contribution is -0.137. The van der Waals surface area contributed by atoms with Crippen molar-refractivity contribution >= 4 is 6.21 Å².